The lowest BCUT2D eigenvalue weighted by Gasteiger charge is -2.12. The number of hydrogen-bond acceptors (Lipinski definition) is 2. The van der Waals surface area contributed by atoms with Crippen molar-refractivity contribution in [3.8, 4) is 0 Å². The summed E-state index contributed by atoms with van der Waals surface area (Å²) in [5, 5.41) is 2.68. The third-order valence-electron chi connectivity index (χ3n) is 2.44. The first-order valence-corrected chi connectivity index (χ1v) is 4.48. The monoisotopic (exact) mass is 169 g/mol. The minimum Gasteiger partial charge on any atom is -0.346 e. The van der Waals surface area contributed by atoms with Crippen LogP contribution < -0.4 is 5.32 Å². The molecule has 1 rings (SSSR count). The van der Waals surface area contributed by atoms with Gasteiger partial charge in [0.1, 0.15) is 0 Å². The molecule has 0 bridgehead atoms. The minimum atomic E-state index is -0.201. The Labute approximate surface area is 72.5 Å². The molecule has 3 heteroatoms. The molecule has 2 unspecified atom stereocenters. The molecule has 68 valence electrons. The van der Waals surface area contributed by atoms with E-state index in [1.165, 1.54) is 0 Å². The molecule has 0 aromatic rings. The van der Waals surface area contributed by atoms with E-state index >= 15 is 0 Å². The molecule has 0 aromatic heterocycles. The standard InChI is InChI=1S/C9H15NO2/c1-3-6(2)9(12)7-4-5-8(11)10-7/h6-7H,3-5H2,1-2H3,(H,10,11). The maximum atomic E-state index is 11.5. The highest BCUT2D eigenvalue weighted by molar-refractivity contribution is 5.93. The lowest BCUT2D eigenvalue weighted by atomic mass is 9.97. The van der Waals surface area contributed by atoms with Gasteiger partial charge >= 0.3 is 0 Å². The maximum Gasteiger partial charge on any atom is 0.220 e. The number of amides is 1. The zero-order chi connectivity index (χ0) is 9.14. The predicted molar refractivity (Wildman–Crippen MR) is 45.6 cm³/mol. The van der Waals surface area contributed by atoms with Crippen LogP contribution in [0.15, 0.2) is 0 Å². The first-order valence-electron chi connectivity index (χ1n) is 4.48. The van der Waals surface area contributed by atoms with Gasteiger partial charge in [-0.05, 0) is 12.8 Å². The predicted octanol–water partition coefficient (Wildman–Crippen LogP) is 0.880. The van der Waals surface area contributed by atoms with Gasteiger partial charge in [0.2, 0.25) is 5.91 Å². The van der Waals surface area contributed by atoms with Gasteiger partial charge < -0.3 is 5.32 Å². The van der Waals surface area contributed by atoms with E-state index in [0.29, 0.717) is 12.8 Å². The summed E-state index contributed by atoms with van der Waals surface area (Å²) in [4.78, 5) is 22.3. The van der Waals surface area contributed by atoms with Gasteiger partial charge in [0.25, 0.3) is 0 Å². The number of nitrogens with one attached hydrogen (secondary N) is 1. The maximum absolute atomic E-state index is 11.5. The largest absolute Gasteiger partial charge is 0.346 e. The Kier molecular flexibility index (Phi) is 2.84. The fraction of sp³-hybridized carbons (Fsp3) is 0.778. The molecule has 0 aromatic carbocycles. The van der Waals surface area contributed by atoms with E-state index in [2.05, 4.69) is 5.32 Å². The highest BCUT2D eigenvalue weighted by Crippen LogP contribution is 2.13. The summed E-state index contributed by atoms with van der Waals surface area (Å²) < 4.78 is 0. The van der Waals surface area contributed by atoms with E-state index in [4.69, 9.17) is 0 Å². The summed E-state index contributed by atoms with van der Waals surface area (Å²) in [6.07, 6.45) is 2.04. The number of ketones is 1. The molecule has 3 nitrogen and oxygen atoms in total. The number of rotatable bonds is 3. The van der Waals surface area contributed by atoms with E-state index in [0.717, 1.165) is 6.42 Å². The Bertz CT molecular complexity index is 201. The SMILES string of the molecule is CCC(C)C(=O)C1CCC(=O)N1. The van der Waals surface area contributed by atoms with Gasteiger partial charge in [-0.15, -0.1) is 0 Å². The van der Waals surface area contributed by atoms with Crippen molar-refractivity contribution in [2.24, 2.45) is 5.92 Å². The molecule has 1 aliphatic heterocycles. The molecule has 1 amide bonds. The molecule has 0 aliphatic carbocycles. The second-order valence-electron chi connectivity index (χ2n) is 3.37. The fourth-order valence-corrected chi connectivity index (χ4v) is 1.37. The van der Waals surface area contributed by atoms with Crippen molar-refractivity contribution < 1.29 is 9.59 Å². The summed E-state index contributed by atoms with van der Waals surface area (Å²) in [6.45, 7) is 3.89. The average molecular weight is 169 g/mol. The Morgan fingerprint density at radius 1 is 1.75 bits per heavy atom. The normalized spacial score (nSPS) is 25.2. The van der Waals surface area contributed by atoms with E-state index in [1.807, 2.05) is 13.8 Å². The van der Waals surface area contributed by atoms with Gasteiger partial charge in [0.15, 0.2) is 5.78 Å². The number of Topliss-reactive ketones (excluding diaryl/α,β-unsaturated/α-hetero) is 1. The highest BCUT2D eigenvalue weighted by Gasteiger charge is 2.29. The van der Waals surface area contributed by atoms with Crippen LogP contribution in [0.25, 0.3) is 0 Å². The number of carbonyl (C=O) groups is 2. The molecule has 1 fully saturated rings. The van der Waals surface area contributed by atoms with Crippen molar-refractivity contribution in [3.05, 3.63) is 0 Å². The Hall–Kier alpha value is -0.860. The topological polar surface area (TPSA) is 46.2 Å². The lowest BCUT2D eigenvalue weighted by Crippen LogP contribution is -2.36. The summed E-state index contributed by atoms with van der Waals surface area (Å²) in [7, 11) is 0. The quantitative estimate of drug-likeness (QED) is 0.681. The molecule has 0 saturated carbocycles. The molecule has 0 radical (unpaired) electrons. The Morgan fingerprint density at radius 2 is 2.42 bits per heavy atom. The molecule has 1 N–H and O–H groups in total. The van der Waals surface area contributed by atoms with Crippen LogP contribution in [0.1, 0.15) is 33.1 Å². The zero-order valence-electron chi connectivity index (χ0n) is 7.59. The zero-order valence-corrected chi connectivity index (χ0v) is 7.59. The summed E-state index contributed by atoms with van der Waals surface area (Å²) in [5.74, 6) is 0.272. The van der Waals surface area contributed by atoms with Crippen LogP contribution in [0.5, 0.6) is 0 Å². The number of hydrogen-bond donors (Lipinski definition) is 1. The van der Waals surface area contributed by atoms with Crippen LogP contribution in [0, 0.1) is 5.92 Å². The van der Waals surface area contributed by atoms with E-state index < -0.39 is 0 Å². The molecular weight excluding hydrogens is 154 g/mol. The summed E-state index contributed by atoms with van der Waals surface area (Å²) in [5.41, 5.74) is 0. The van der Waals surface area contributed by atoms with Gasteiger partial charge in [-0.25, -0.2) is 0 Å². The van der Waals surface area contributed by atoms with Crippen LogP contribution in [-0.2, 0) is 9.59 Å². The van der Waals surface area contributed by atoms with Crippen molar-refractivity contribution in [3.63, 3.8) is 0 Å². The third kappa shape index (κ3) is 1.84. The first kappa shape index (κ1) is 9.23. The van der Waals surface area contributed by atoms with Crippen molar-refractivity contribution >= 4 is 11.7 Å². The smallest absolute Gasteiger partial charge is 0.220 e. The van der Waals surface area contributed by atoms with Gasteiger partial charge in [-0.3, -0.25) is 9.59 Å². The molecule has 12 heavy (non-hydrogen) atoms. The van der Waals surface area contributed by atoms with Crippen molar-refractivity contribution in [1.82, 2.24) is 5.32 Å². The Balaban J connectivity index is 2.48. The van der Waals surface area contributed by atoms with Crippen molar-refractivity contribution in [2.75, 3.05) is 0 Å². The van der Waals surface area contributed by atoms with Crippen LogP contribution >= 0.6 is 0 Å². The van der Waals surface area contributed by atoms with E-state index in [-0.39, 0.29) is 23.7 Å². The number of carbonyl (C=O) groups excluding carboxylic acids is 2. The minimum absolute atomic E-state index is 0.0108. The van der Waals surface area contributed by atoms with E-state index in [9.17, 15) is 9.59 Å². The van der Waals surface area contributed by atoms with Crippen molar-refractivity contribution in [1.29, 1.82) is 0 Å². The Morgan fingerprint density at radius 3 is 2.83 bits per heavy atom. The second-order valence-corrected chi connectivity index (χ2v) is 3.37. The molecule has 1 aliphatic rings. The average Bonchev–Trinajstić information content (AvgIpc) is 2.49. The second kappa shape index (κ2) is 3.70. The molecule has 0 spiro atoms. The van der Waals surface area contributed by atoms with Gasteiger partial charge in [0.05, 0.1) is 6.04 Å². The van der Waals surface area contributed by atoms with Crippen LogP contribution in [0.3, 0.4) is 0 Å². The van der Waals surface area contributed by atoms with Crippen molar-refractivity contribution in [2.45, 2.75) is 39.2 Å². The molecular formula is C9H15NO2. The van der Waals surface area contributed by atoms with Gasteiger partial charge in [-0.1, -0.05) is 13.8 Å². The lowest BCUT2D eigenvalue weighted by molar-refractivity contribution is -0.126. The highest BCUT2D eigenvalue weighted by atomic mass is 16.2. The molecule has 2 atom stereocenters. The van der Waals surface area contributed by atoms with Crippen LogP contribution in [0.2, 0.25) is 0 Å². The summed E-state index contributed by atoms with van der Waals surface area (Å²) in [6, 6.07) is -0.201. The van der Waals surface area contributed by atoms with Gasteiger partial charge in [0, 0.05) is 12.3 Å². The first-order chi connectivity index (χ1) is 5.65. The molecule has 1 heterocycles. The van der Waals surface area contributed by atoms with Crippen LogP contribution in [-0.4, -0.2) is 17.7 Å². The van der Waals surface area contributed by atoms with Crippen LogP contribution in [0.4, 0.5) is 0 Å². The fourth-order valence-electron chi connectivity index (χ4n) is 1.37. The third-order valence-corrected chi connectivity index (χ3v) is 2.44. The van der Waals surface area contributed by atoms with Gasteiger partial charge in [-0.2, -0.15) is 0 Å². The molecule has 1 saturated heterocycles. The van der Waals surface area contributed by atoms with E-state index in [1.54, 1.807) is 0 Å². The summed E-state index contributed by atoms with van der Waals surface area (Å²) >= 11 is 0.